The number of nitrogens with zero attached hydrogens (tertiary/aromatic N) is 4. The molecule has 1 aliphatic carbocycles. The molecule has 38 heavy (non-hydrogen) atoms. The van der Waals surface area contributed by atoms with E-state index in [0.717, 1.165) is 36.0 Å². The first-order valence-electron chi connectivity index (χ1n) is 13.5. The standard InChI is InChI=1S/C28H34ClN5O4/c1-30-27(36)19-5-2-3-6-20(19)28(37)34-12-10-21-22(29)8-9-24(38-16-18-13-31-17-32-14-18)26(21)23(34)15-33-11-4-7-25(33)35/h8-9,13-14,17,19-20,23H,2-7,10-12,15-16H2,1H3,(H,30,36)/t19?,20?,23-/m1/s1. The molecule has 3 atom stereocenters. The zero-order chi connectivity index (χ0) is 26.6. The number of hydrogen-bond donors (Lipinski definition) is 1. The van der Waals surface area contributed by atoms with Gasteiger partial charge in [0.25, 0.3) is 0 Å². The first-order chi connectivity index (χ1) is 18.5. The first kappa shape index (κ1) is 26.4. The number of likely N-dealkylation sites (tertiary alicyclic amines) is 1. The van der Waals surface area contributed by atoms with E-state index in [9.17, 15) is 14.4 Å². The molecule has 0 spiro atoms. The van der Waals surface area contributed by atoms with E-state index in [4.69, 9.17) is 16.3 Å². The summed E-state index contributed by atoms with van der Waals surface area (Å²) < 4.78 is 6.27. The third-order valence-corrected chi connectivity index (χ3v) is 8.45. The van der Waals surface area contributed by atoms with Gasteiger partial charge in [0.15, 0.2) is 0 Å². The lowest BCUT2D eigenvalue weighted by molar-refractivity contribution is -0.147. The average Bonchev–Trinajstić information content (AvgIpc) is 3.36. The topological polar surface area (TPSA) is 105 Å². The number of nitrogens with one attached hydrogen (secondary N) is 1. The molecule has 202 valence electrons. The SMILES string of the molecule is CNC(=O)C1CCCCC1C(=O)N1CCc2c(Cl)ccc(OCc3cncnc3)c2[C@H]1CN1CCCC1=O. The van der Waals surface area contributed by atoms with Gasteiger partial charge in [0, 0.05) is 73.5 Å². The summed E-state index contributed by atoms with van der Waals surface area (Å²) in [6.07, 6.45) is 10.0. The van der Waals surface area contributed by atoms with Crippen LogP contribution in [0.25, 0.3) is 0 Å². The Morgan fingerprint density at radius 1 is 1.08 bits per heavy atom. The molecule has 1 saturated heterocycles. The highest BCUT2D eigenvalue weighted by atomic mass is 35.5. The molecule has 3 aliphatic rings. The molecule has 1 aromatic carbocycles. The second-order valence-electron chi connectivity index (χ2n) is 10.3. The van der Waals surface area contributed by atoms with Gasteiger partial charge in [-0.3, -0.25) is 14.4 Å². The summed E-state index contributed by atoms with van der Waals surface area (Å²) >= 11 is 6.69. The normalized spacial score (nSPS) is 23.2. The van der Waals surface area contributed by atoms with Crippen LogP contribution in [0.15, 0.2) is 30.9 Å². The van der Waals surface area contributed by atoms with Crippen LogP contribution in [0, 0.1) is 11.8 Å². The Balaban J connectivity index is 1.51. The van der Waals surface area contributed by atoms with Gasteiger partial charge >= 0.3 is 0 Å². The van der Waals surface area contributed by atoms with E-state index < -0.39 is 6.04 Å². The fourth-order valence-corrected chi connectivity index (χ4v) is 6.43. The van der Waals surface area contributed by atoms with Gasteiger partial charge < -0.3 is 19.9 Å². The van der Waals surface area contributed by atoms with Crippen molar-refractivity contribution in [3.05, 3.63) is 52.6 Å². The maximum Gasteiger partial charge on any atom is 0.227 e. The molecule has 5 rings (SSSR count). The molecule has 3 amide bonds. The highest BCUT2D eigenvalue weighted by molar-refractivity contribution is 6.31. The lowest BCUT2D eigenvalue weighted by atomic mass is 9.77. The van der Waals surface area contributed by atoms with Crippen LogP contribution >= 0.6 is 11.6 Å². The van der Waals surface area contributed by atoms with Crippen molar-refractivity contribution in [1.82, 2.24) is 25.1 Å². The first-order valence-corrected chi connectivity index (χ1v) is 13.8. The molecule has 0 radical (unpaired) electrons. The summed E-state index contributed by atoms with van der Waals surface area (Å²) in [6, 6.07) is 3.25. The maximum absolute atomic E-state index is 14.2. The Hall–Kier alpha value is -3.20. The van der Waals surface area contributed by atoms with Crippen molar-refractivity contribution < 1.29 is 19.1 Å². The van der Waals surface area contributed by atoms with Gasteiger partial charge in [-0.2, -0.15) is 0 Å². The number of rotatable bonds is 7. The molecule has 10 heteroatoms. The van der Waals surface area contributed by atoms with Gasteiger partial charge in [-0.25, -0.2) is 9.97 Å². The van der Waals surface area contributed by atoms with E-state index in [-0.39, 0.29) is 36.2 Å². The van der Waals surface area contributed by atoms with E-state index in [0.29, 0.717) is 56.1 Å². The van der Waals surface area contributed by atoms with Crippen LogP contribution in [0.1, 0.15) is 61.3 Å². The van der Waals surface area contributed by atoms with Crippen molar-refractivity contribution in [2.75, 3.05) is 26.7 Å². The summed E-state index contributed by atoms with van der Waals surface area (Å²) in [7, 11) is 1.63. The summed E-state index contributed by atoms with van der Waals surface area (Å²) in [4.78, 5) is 51.4. The molecular formula is C28H34ClN5O4. The second kappa shape index (κ2) is 11.7. The van der Waals surface area contributed by atoms with Crippen LogP contribution in [0.3, 0.4) is 0 Å². The molecule has 2 unspecified atom stereocenters. The number of hydrogen-bond acceptors (Lipinski definition) is 6. The molecule has 2 fully saturated rings. The monoisotopic (exact) mass is 539 g/mol. The molecule has 0 bridgehead atoms. The highest BCUT2D eigenvalue weighted by Gasteiger charge is 2.43. The Morgan fingerprint density at radius 3 is 2.55 bits per heavy atom. The zero-order valence-electron chi connectivity index (χ0n) is 21.7. The van der Waals surface area contributed by atoms with E-state index in [2.05, 4.69) is 15.3 Å². The van der Waals surface area contributed by atoms with Crippen LogP contribution in [-0.2, 0) is 27.4 Å². The number of halogens is 1. The van der Waals surface area contributed by atoms with Gasteiger partial charge in [-0.05, 0) is 43.4 Å². The Morgan fingerprint density at radius 2 is 1.84 bits per heavy atom. The van der Waals surface area contributed by atoms with E-state index in [1.54, 1.807) is 19.4 Å². The smallest absolute Gasteiger partial charge is 0.227 e. The van der Waals surface area contributed by atoms with Gasteiger partial charge in [0.1, 0.15) is 18.7 Å². The molecule has 1 saturated carbocycles. The number of ether oxygens (including phenoxy) is 1. The third-order valence-electron chi connectivity index (χ3n) is 8.09. The Kier molecular flexibility index (Phi) is 8.12. The summed E-state index contributed by atoms with van der Waals surface area (Å²) in [5, 5.41) is 3.38. The van der Waals surface area contributed by atoms with Gasteiger partial charge in [-0.15, -0.1) is 0 Å². The van der Waals surface area contributed by atoms with Crippen molar-refractivity contribution in [2.45, 2.75) is 57.6 Å². The van der Waals surface area contributed by atoms with Crippen LogP contribution in [0.5, 0.6) is 5.75 Å². The minimum atomic E-state index is -0.415. The molecule has 2 aromatic rings. The number of fused-ring (bicyclic) bond motifs is 1. The minimum absolute atomic E-state index is 0.0250. The van der Waals surface area contributed by atoms with Crippen molar-refractivity contribution >= 4 is 29.3 Å². The highest BCUT2D eigenvalue weighted by Crippen LogP contribution is 2.43. The maximum atomic E-state index is 14.2. The van der Waals surface area contributed by atoms with Gasteiger partial charge in [-0.1, -0.05) is 24.4 Å². The fourth-order valence-electron chi connectivity index (χ4n) is 6.17. The lowest BCUT2D eigenvalue weighted by Gasteiger charge is -2.43. The van der Waals surface area contributed by atoms with E-state index in [1.807, 2.05) is 21.9 Å². The lowest BCUT2D eigenvalue weighted by Crippen LogP contribution is -2.50. The predicted molar refractivity (Wildman–Crippen MR) is 141 cm³/mol. The molecule has 9 nitrogen and oxygen atoms in total. The van der Waals surface area contributed by atoms with Gasteiger partial charge in [0.2, 0.25) is 17.7 Å². The van der Waals surface area contributed by atoms with Crippen molar-refractivity contribution in [2.24, 2.45) is 11.8 Å². The van der Waals surface area contributed by atoms with Crippen molar-refractivity contribution in [3.63, 3.8) is 0 Å². The van der Waals surface area contributed by atoms with Crippen molar-refractivity contribution in [1.29, 1.82) is 0 Å². The predicted octanol–water partition coefficient (Wildman–Crippen LogP) is 3.31. The fraction of sp³-hybridized carbons (Fsp3) is 0.536. The van der Waals surface area contributed by atoms with Crippen LogP contribution in [-0.4, -0.2) is 64.2 Å². The Bertz CT molecular complexity index is 1190. The minimum Gasteiger partial charge on any atom is -0.488 e. The molecule has 1 N–H and O–H groups in total. The van der Waals surface area contributed by atoms with Gasteiger partial charge in [0.05, 0.1) is 6.04 Å². The Labute approximate surface area is 227 Å². The zero-order valence-corrected chi connectivity index (χ0v) is 22.5. The van der Waals surface area contributed by atoms with Crippen molar-refractivity contribution in [3.8, 4) is 5.75 Å². The van der Waals surface area contributed by atoms with Crippen LogP contribution in [0.2, 0.25) is 5.02 Å². The van der Waals surface area contributed by atoms with Crippen LogP contribution in [0.4, 0.5) is 0 Å². The number of benzene rings is 1. The van der Waals surface area contributed by atoms with E-state index in [1.165, 1.54) is 6.33 Å². The summed E-state index contributed by atoms with van der Waals surface area (Å²) in [6.45, 7) is 1.78. The molecule has 1 aromatic heterocycles. The molecule has 2 aliphatic heterocycles. The number of amides is 3. The summed E-state index contributed by atoms with van der Waals surface area (Å²) in [5.74, 6) is -0.103. The van der Waals surface area contributed by atoms with Crippen LogP contribution < -0.4 is 10.1 Å². The quantitative estimate of drug-likeness (QED) is 0.579. The molecule has 3 heterocycles. The third kappa shape index (κ3) is 5.34. The number of carbonyl (C=O) groups excluding carboxylic acids is 3. The van der Waals surface area contributed by atoms with E-state index >= 15 is 0 Å². The number of aromatic nitrogens is 2. The summed E-state index contributed by atoms with van der Waals surface area (Å²) in [5.41, 5.74) is 2.61. The molecular weight excluding hydrogens is 506 g/mol. The average molecular weight is 540 g/mol. The second-order valence-corrected chi connectivity index (χ2v) is 10.7. The number of carbonyl (C=O) groups is 3. The largest absolute Gasteiger partial charge is 0.488 e.